The second kappa shape index (κ2) is 8.39. The van der Waals surface area contributed by atoms with Crippen molar-refractivity contribution in [1.82, 2.24) is 19.8 Å². The number of piperidine rings is 1. The molecule has 0 bridgehead atoms. The molecule has 1 aromatic carbocycles. The summed E-state index contributed by atoms with van der Waals surface area (Å²) >= 11 is 0. The summed E-state index contributed by atoms with van der Waals surface area (Å²) in [6.07, 6.45) is 6.40. The maximum atomic E-state index is 11.7. The van der Waals surface area contributed by atoms with Gasteiger partial charge in [-0.25, -0.2) is 9.97 Å². The standard InChI is InChI=1S/C23H30N4O/c1-17(19-8-4-3-5-9-19)15-27-12-7-6-10-22(27)23-24-14-20-16-26(18(2)28)13-11-21(20)25-23/h3-5,8-9,14,17,22H,6-7,10-13,15-16H2,1-2H3/t17-,22-/m0/s1. The van der Waals surface area contributed by atoms with Gasteiger partial charge >= 0.3 is 0 Å². The lowest BCUT2D eigenvalue weighted by molar-refractivity contribution is -0.129. The SMILES string of the molecule is CC(=O)N1CCc2nc([C@@H]3CCCCN3C[C@H](C)c3ccccc3)ncc2C1. The summed E-state index contributed by atoms with van der Waals surface area (Å²) < 4.78 is 0. The molecule has 0 spiro atoms. The zero-order valence-electron chi connectivity index (χ0n) is 17.0. The highest BCUT2D eigenvalue weighted by atomic mass is 16.2. The number of nitrogens with zero attached hydrogens (tertiary/aromatic N) is 4. The van der Waals surface area contributed by atoms with Gasteiger partial charge in [0.05, 0.1) is 11.7 Å². The van der Waals surface area contributed by atoms with Gasteiger partial charge in [-0.2, -0.15) is 0 Å². The van der Waals surface area contributed by atoms with Gasteiger partial charge in [0.1, 0.15) is 5.82 Å². The quantitative estimate of drug-likeness (QED) is 0.814. The molecule has 5 heteroatoms. The van der Waals surface area contributed by atoms with E-state index >= 15 is 0 Å². The van der Waals surface area contributed by atoms with Gasteiger partial charge in [-0.05, 0) is 30.9 Å². The van der Waals surface area contributed by atoms with Crippen molar-refractivity contribution >= 4 is 5.91 Å². The Hall–Kier alpha value is -2.27. The monoisotopic (exact) mass is 378 g/mol. The van der Waals surface area contributed by atoms with Crippen LogP contribution in [0.2, 0.25) is 0 Å². The lowest BCUT2D eigenvalue weighted by Crippen LogP contribution is -2.38. The molecule has 2 aliphatic rings. The third kappa shape index (κ3) is 4.09. The van der Waals surface area contributed by atoms with E-state index in [1.807, 2.05) is 11.1 Å². The largest absolute Gasteiger partial charge is 0.338 e. The molecule has 0 unspecified atom stereocenters. The van der Waals surface area contributed by atoms with Gasteiger partial charge in [0.2, 0.25) is 5.91 Å². The number of amides is 1. The predicted molar refractivity (Wildman–Crippen MR) is 110 cm³/mol. The van der Waals surface area contributed by atoms with Crippen molar-refractivity contribution in [2.75, 3.05) is 19.6 Å². The van der Waals surface area contributed by atoms with Gasteiger partial charge in [0.15, 0.2) is 0 Å². The van der Waals surface area contributed by atoms with Crippen molar-refractivity contribution in [2.45, 2.75) is 58.0 Å². The number of rotatable bonds is 4. The molecule has 0 N–H and O–H groups in total. The lowest BCUT2D eigenvalue weighted by Gasteiger charge is -2.37. The first-order valence-electron chi connectivity index (χ1n) is 10.5. The number of hydrogen-bond donors (Lipinski definition) is 0. The molecule has 2 aromatic rings. The average Bonchev–Trinajstić information content (AvgIpc) is 2.74. The molecule has 1 aromatic heterocycles. The molecule has 1 fully saturated rings. The Kier molecular flexibility index (Phi) is 5.72. The molecule has 0 saturated carbocycles. The van der Waals surface area contributed by atoms with Crippen molar-refractivity contribution in [3.8, 4) is 0 Å². The summed E-state index contributed by atoms with van der Waals surface area (Å²) in [5, 5.41) is 0. The van der Waals surface area contributed by atoms with Gasteiger partial charge in [-0.15, -0.1) is 0 Å². The van der Waals surface area contributed by atoms with Gasteiger partial charge in [-0.1, -0.05) is 43.7 Å². The van der Waals surface area contributed by atoms with Crippen molar-refractivity contribution in [3.63, 3.8) is 0 Å². The molecular weight excluding hydrogens is 348 g/mol. The van der Waals surface area contributed by atoms with Crippen molar-refractivity contribution in [3.05, 3.63) is 59.2 Å². The Morgan fingerprint density at radius 3 is 2.82 bits per heavy atom. The molecule has 0 radical (unpaired) electrons. The first-order chi connectivity index (χ1) is 13.6. The van der Waals surface area contributed by atoms with E-state index in [0.29, 0.717) is 18.5 Å². The summed E-state index contributed by atoms with van der Waals surface area (Å²) in [7, 11) is 0. The van der Waals surface area contributed by atoms with E-state index in [1.54, 1.807) is 6.92 Å². The minimum atomic E-state index is 0.128. The van der Waals surface area contributed by atoms with Crippen LogP contribution in [-0.2, 0) is 17.8 Å². The second-order valence-corrected chi connectivity index (χ2v) is 8.21. The molecule has 3 heterocycles. The summed E-state index contributed by atoms with van der Waals surface area (Å²) in [5.74, 6) is 1.58. The number of carbonyl (C=O) groups is 1. The van der Waals surface area contributed by atoms with E-state index in [4.69, 9.17) is 9.97 Å². The Bertz CT molecular complexity index is 823. The fourth-order valence-electron chi connectivity index (χ4n) is 4.50. The molecule has 5 nitrogen and oxygen atoms in total. The average molecular weight is 379 g/mol. The van der Waals surface area contributed by atoms with Crippen molar-refractivity contribution in [2.24, 2.45) is 0 Å². The molecule has 2 aliphatic heterocycles. The molecule has 148 valence electrons. The maximum absolute atomic E-state index is 11.7. The molecule has 4 rings (SSSR count). The smallest absolute Gasteiger partial charge is 0.219 e. The van der Waals surface area contributed by atoms with E-state index < -0.39 is 0 Å². The number of likely N-dealkylation sites (tertiary alicyclic amines) is 1. The number of hydrogen-bond acceptors (Lipinski definition) is 4. The molecule has 1 saturated heterocycles. The maximum Gasteiger partial charge on any atom is 0.219 e. The van der Waals surface area contributed by atoms with Crippen LogP contribution in [0.3, 0.4) is 0 Å². The van der Waals surface area contributed by atoms with Crippen LogP contribution in [0.4, 0.5) is 0 Å². The Morgan fingerprint density at radius 2 is 2.04 bits per heavy atom. The van der Waals surface area contributed by atoms with Crippen LogP contribution >= 0.6 is 0 Å². The number of carbonyl (C=O) groups excluding carboxylic acids is 1. The third-order valence-corrected chi connectivity index (χ3v) is 6.19. The highest BCUT2D eigenvalue weighted by molar-refractivity contribution is 5.73. The molecule has 0 aliphatic carbocycles. The van der Waals surface area contributed by atoms with E-state index in [9.17, 15) is 4.79 Å². The predicted octanol–water partition coefficient (Wildman–Crippen LogP) is 3.71. The van der Waals surface area contributed by atoms with Crippen LogP contribution in [0.25, 0.3) is 0 Å². The molecule has 28 heavy (non-hydrogen) atoms. The van der Waals surface area contributed by atoms with Gasteiger partial charge in [-0.3, -0.25) is 9.69 Å². The van der Waals surface area contributed by atoms with E-state index in [-0.39, 0.29) is 5.91 Å². The Morgan fingerprint density at radius 1 is 1.21 bits per heavy atom. The Balaban J connectivity index is 1.51. The summed E-state index contributed by atoms with van der Waals surface area (Å²) in [6.45, 7) is 7.50. The van der Waals surface area contributed by atoms with Crippen LogP contribution in [0, 0.1) is 0 Å². The summed E-state index contributed by atoms with van der Waals surface area (Å²) in [4.78, 5) is 25.8. The van der Waals surface area contributed by atoms with Crippen LogP contribution < -0.4 is 0 Å². The Labute approximate surface area is 167 Å². The normalized spacial score (nSPS) is 21.2. The molecule has 1 amide bonds. The minimum absolute atomic E-state index is 0.128. The second-order valence-electron chi connectivity index (χ2n) is 8.21. The van der Waals surface area contributed by atoms with Gasteiger partial charge in [0.25, 0.3) is 0 Å². The number of benzene rings is 1. The van der Waals surface area contributed by atoms with Crippen molar-refractivity contribution < 1.29 is 4.79 Å². The number of aromatic nitrogens is 2. The lowest BCUT2D eigenvalue weighted by atomic mass is 9.96. The minimum Gasteiger partial charge on any atom is -0.338 e. The zero-order valence-corrected chi connectivity index (χ0v) is 17.0. The van der Waals surface area contributed by atoms with E-state index in [2.05, 4.69) is 42.2 Å². The van der Waals surface area contributed by atoms with Crippen LogP contribution in [0.1, 0.15) is 67.7 Å². The third-order valence-electron chi connectivity index (χ3n) is 6.19. The van der Waals surface area contributed by atoms with Crippen LogP contribution in [0.15, 0.2) is 36.5 Å². The number of fused-ring (bicyclic) bond motifs is 1. The van der Waals surface area contributed by atoms with Crippen LogP contribution in [-0.4, -0.2) is 45.3 Å². The van der Waals surface area contributed by atoms with Gasteiger partial charge in [0, 0.05) is 44.7 Å². The van der Waals surface area contributed by atoms with Crippen LogP contribution in [0.5, 0.6) is 0 Å². The zero-order chi connectivity index (χ0) is 19.5. The van der Waals surface area contributed by atoms with Crippen molar-refractivity contribution in [1.29, 1.82) is 0 Å². The van der Waals surface area contributed by atoms with E-state index in [1.165, 1.54) is 18.4 Å². The summed E-state index contributed by atoms with van der Waals surface area (Å²) in [6, 6.07) is 11.1. The summed E-state index contributed by atoms with van der Waals surface area (Å²) in [5.41, 5.74) is 3.62. The highest BCUT2D eigenvalue weighted by Gasteiger charge is 2.29. The van der Waals surface area contributed by atoms with Gasteiger partial charge < -0.3 is 4.90 Å². The first kappa shape index (κ1) is 19.1. The first-order valence-corrected chi connectivity index (χ1v) is 10.5. The molecule has 2 atom stereocenters. The molecular formula is C23H30N4O. The topological polar surface area (TPSA) is 49.3 Å². The fourth-order valence-corrected chi connectivity index (χ4v) is 4.50. The fraction of sp³-hybridized carbons (Fsp3) is 0.522. The highest BCUT2D eigenvalue weighted by Crippen LogP contribution is 2.32. The van der Waals surface area contributed by atoms with E-state index in [0.717, 1.165) is 49.6 Å².